The number of aliphatic hydroxyl groups is 1. The first-order valence-electron chi connectivity index (χ1n) is 6.03. The minimum atomic E-state index is -4.53. The Labute approximate surface area is 118 Å². The molecule has 21 heavy (non-hydrogen) atoms. The van der Waals surface area contributed by atoms with Gasteiger partial charge in [0.25, 0.3) is 0 Å². The van der Waals surface area contributed by atoms with E-state index in [2.05, 4.69) is 15.6 Å². The average molecular weight is 305 g/mol. The van der Waals surface area contributed by atoms with E-state index in [1.54, 1.807) is 6.92 Å². The Morgan fingerprint density at radius 3 is 2.43 bits per heavy atom. The summed E-state index contributed by atoms with van der Waals surface area (Å²) in [7, 11) is 0. The Balaban J connectivity index is 2.64. The highest BCUT2D eigenvalue weighted by Crippen LogP contribution is 2.28. The number of anilines is 1. The van der Waals surface area contributed by atoms with Crippen LogP contribution in [0.4, 0.5) is 19.0 Å². The second-order valence-corrected chi connectivity index (χ2v) is 4.15. The van der Waals surface area contributed by atoms with E-state index in [0.717, 1.165) is 12.1 Å². The summed E-state index contributed by atoms with van der Waals surface area (Å²) >= 11 is 0. The van der Waals surface area contributed by atoms with E-state index >= 15 is 0 Å². The van der Waals surface area contributed by atoms with Gasteiger partial charge >= 0.3 is 18.0 Å². The van der Waals surface area contributed by atoms with Crippen LogP contribution in [0.5, 0.6) is 0 Å². The van der Waals surface area contributed by atoms with Gasteiger partial charge in [-0.25, -0.2) is 4.98 Å². The number of carbonyl (C=O) groups excluding carboxylic acids is 2. The maximum absolute atomic E-state index is 12.3. The molecule has 0 aliphatic rings. The molecule has 0 spiro atoms. The van der Waals surface area contributed by atoms with Crippen LogP contribution in [0.3, 0.4) is 0 Å². The summed E-state index contributed by atoms with van der Waals surface area (Å²) in [6, 6.07) is 1.12. The number of nitrogens with zero attached hydrogens (tertiary/aromatic N) is 1. The number of alkyl halides is 3. The molecule has 0 aromatic carbocycles. The molecular weight excluding hydrogens is 291 g/mol. The molecule has 0 bridgehead atoms. The SMILES string of the molecule is CC[C@H](CO)NC(=O)C(=O)Nc1ccc(C(F)(F)F)cn1. The van der Waals surface area contributed by atoms with Crippen molar-refractivity contribution in [1.82, 2.24) is 10.3 Å². The molecule has 2 amide bonds. The van der Waals surface area contributed by atoms with Gasteiger partial charge in [0.1, 0.15) is 5.82 Å². The second kappa shape index (κ2) is 7.02. The number of halogens is 3. The average Bonchev–Trinajstić information content (AvgIpc) is 2.44. The van der Waals surface area contributed by atoms with Gasteiger partial charge < -0.3 is 15.7 Å². The van der Waals surface area contributed by atoms with Gasteiger partial charge in [0, 0.05) is 6.20 Å². The fourth-order valence-electron chi connectivity index (χ4n) is 1.34. The van der Waals surface area contributed by atoms with Crippen molar-refractivity contribution in [2.75, 3.05) is 11.9 Å². The van der Waals surface area contributed by atoms with E-state index in [9.17, 15) is 22.8 Å². The van der Waals surface area contributed by atoms with Crippen LogP contribution in [0.2, 0.25) is 0 Å². The number of pyridine rings is 1. The summed E-state index contributed by atoms with van der Waals surface area (Å²) in [5, 5.41) is 13.2. The van der Waals surface area contributed by atoms with Crippen molar-refractivity contribution in [1.29, 1.82) is 0 Å². The van der Waals surface area contributed by atoms with E-state index in [-0.39, 0.29) is 12.4 Å². The molecule has 0 fully saturated rings. The van der Waals surface area contributed by atoms with Crippen LogP contribution in [0, 0.1) is 0 Å². The molecule has 1 aromatic heterocycles. The maximum Gasteiger partial charge on any atom is 0.417 e. The van der Waals surface area contributed by atoms with Crippen molar-refractivity contribution < 1.29 is 27.9 Å². The minimum Gasteiger partial charge on any atom is -0.394 e. The van der Waals surface area contributed by atoms with Gasteiger partial charge in [-0.3, -0.25) is 9.59 Å². The zero-order chi connectivity index (χ0) is 16.0. The first-order chi connectivity index (χ1) is 9.77. The summed E-state index contributed by atoms with van der Waals surface area (Å²) in [5.74, 6) is -2.26. The monoisotopic (exact) mass is 305 g/mol. The highest BCUT2D eigenvalue weighted by Gasteiger charge is 2.30. The Morgan fingerprint density at radius 1 is 1.33 bits per heavy atom. The van der Waals surface area contributed by atoms with Crippen LogP contribution in [0.15, 0.2) is 18.3 Å². The number of hydrogen-bond donors (Lipinski definition) is 3. The Bertz CT molecular complexity index is 499. The number of amides is 2. The lowest BCUT2D eigenvalue weighted by molar-refractivity contribution is -0.137. The van der Waals surface area contributed by atoms with Crippen LogP contribution in [0.1, 0.15) is 18.9 Å². The molecule has 0 aliphatic carbocycles. The van der Waals surface area contributed by atoms with Crippen LogP contribution in [-0.4, -0.2) is 34.6 Å². The van der Waals surface area contributed by atoms with Gasteiger partial charge in [-0.1, -0.05) is 6.92 Å². The predicted octanol–water partition coefficient (Wildman–Crippen LogP) is 0.926. The number of nitrogens with one attached hydrogen (secondary N) is 2. The second-order valence-electron chi connectivity index (χ2n) is 4.15. The van der Waals surface area contributed by atoms with E-state index in [4.69, 9.17) is 5.11 Å². The lowest BCUT2D eigenvalue weighted by atomic mass is 10.2. The van der Waals surface area contributed by atoms with Gasteiger partial charge in [-0.2, -0.15) is 13.2 Å². The Morgan fingerprint density at radius 2 is 2.00 bits per heavy atom. The third-order valence-electron chi connectivity index (χ3n) is 2.59. The molecule has 1 heterocycles. The first kappa shape index (κ1) is 16.9. The van der Waals surface area contributed by atoms with Crippen LogP contribution in [0.25, 0.3) is 0 Å². The van der Waals surface area contributed by atoms with Crippen molar-refractivity contribution in [2.45, 2.75) is 25.6 Å². The Hall–Kier alpha value is -2.16. The van der Waals surface area contributed by atoms with Gasteiger partial charge in [0.2, 0.25) is 0 Å². The summed E-state index contributed by atoms with van der Waals surface area (Å²) in [5.41, 5.74) is -0.962. The van der Waals surface area contributed by atoms with Crippen LogP contribution in [-0.2, 0) is 15.8 Å². The highest BCUT2D eigenvalue weighted by atomic mass is 19.4. The zero-order valence-electron chi connectivity index (χ0n) is 11.1. The third-order valence-corrected chi connectivity index (χ3v) is 2.59. The summed E-state index contributed by atoms with van der Waals surface area (Å²) in [6.07, 6.45) is -3.55. The van der Waals surface area contributed by atoms with Gasteiger partial charge in [-0.05, 0) is 18.6 Å². The number of aromatic nitrogens is 1. The van der Waals surface area contributed by atoms with Gasteiger partial charge in [0.15, 0.2) is 0 Å². The number of carbonyl (C=O) groups is 2. The number of hydrogen-bond acceptors (Lipinski definition) is 4. The van der Waals surface area contributed by atoms with Crippen molar-refractivity contribution >= 4 is 17.6 Å². The normalized spacial score (nSPS) is 12.6. The zero-order valence-corrected chi connectivity index (χ0v) is 11.1. The smallest absolute Gasteiger partial charge is 0.394 e. The molecule has 0 aliphatic heterocycles. The van der Waals surface area contributed by atoms with E-state index in [0.29, 0.717) is 12.6 Å². The van der Waals surface area contributed by atoms with Crippen LogP contribution >= 0.6 is 0 Å². The van der Waals surface area contributed by atoms with Crippen molar-refractivity contribution in [2.24, 2.45) is 0 Å². The minimum absolute atomic E-state index is 0.180. The topological polar surface area (TPSA) is 91.3 Å². The number of rotatable bonds is 4. The Kier molecular flexibility index (Phi) is 5.65. The summed E-state index contributed by atoms with van der Waals surface area (Å²) in [4.78, 5) is 26.4. The molecule has 1 atom stereocenters. The fraction of sp³-hybridized carbons (Fsp3) is 0.417. The molecule has 3 N–H and O–H groups in total. The lowest BCUT2D eigenvalue weighted by Crippen LogP contribution is -2.43. The molecule has 0 radical (unpaired) electrons. The standard InChI is InChI=1S/C12H14F3N3O3/c1-2-8(6-19)17-10(20)11(21)18-9-4-3-7(5-16-9)12(13,14)15/h3-5,8,19H,2,6H2,1H3,(H,17,20)(H,16,18,21)/t8-/m1/s1. The molecule has 0 unspecified atom stereocenters. The summed E-state index contributed by atoms with van der Waals surface area (Å²) in [6.45, 7) is 1.38. The largest absolute Gasteiger partial charge is 0.417 e. The van der Waals surface area contributed by atoms with E-state index < -0.39 is 29.6 Å². The lowest BCUT2D eigenvalue weighted by Gasteiger charge is -2.13. The quantitative estimate of drug-likeness (QED) is 0.722. The van der Waals surface area contributed by atoms with Crippen molar-refractivity contribution in [3.63, 3.8) is 0 Å². The van der Waals surface area contributed by atoms with Crippen LogP contribution < -0.4 is 10.6 Å². The van der Waals surface area contributed by atoms with E-state index in [1.807, 2.05) is 0 Å². The predicted molar refractivity (Wildman–Crippen MR) is 67.2 cm³/mol. The maximum atomic E-state index is 12.3. The third kappa shape index (κ3) is 5.03. The molecule has 1 aromatic rings. The first-order valence-corrected chi connectivity index (χ1v) is 6.03. The molecule has 9 heteroatoms. The molecule has 0 saturated carbocycles. The van der Waals surface area contributed by atoms with Crippen molar-refractivity contribution in [3.8, 4) is 0 Å². The molecule has 0 saturated heterocycles. The number of aliphatic hydroxyl groups excluding tert-OH is 1. The molecule has 116 valence electrons. The van der Waals surface area contributed by atoms with Gasteiger partial charge in [0.05, 0.1) is 18.2 Å². The molecular formula is C12H14F3N3O3. The van der Waals surface area contributed by atoms with E-state index in [1.165, 1.54) is 0 Å². The molecule has 6 nitrogen and oxygen atoms in total. The highest BCUT2D eigenvalue weighted by molar-refractivity contribution is 6.39. The summed E-state index contributed by atoms with van der Waals surface area (Å²) < 4.78 is 36.9. The van der Waals surface area contributed by atoms with Crippen molar-refractivity contribution in [3.05, 3.63) is 23.9 Å². The fourth-order valence-corrected chi connectivity index (χ4v) is 1.34. The molecule has 1 rings (SSSR count). The van der Waals surface area contributed by atoms with Gasteiger partial charge in [-0.15, -0.1) is 0 Å².